The number of carbonyl (C=O) groups excluding carboxylic acids is 2. The number of piperidine rings is 1. The molecule has 1 unspecified atom stereocenters. The van der Waals surface area contributed by atoms with E-state index < -0.39 is 6.04 Å². The van der Waals surface area contributed by atoms with Gasteiger partial charge in [0.05, 0.1) is 6.54 Å². The average molecular weight is 380 g/mol. The zero-order valence-corrected chi connectivity index (χ0v) is 16.2. The number of carbonyl (C=O) groups is 2. The third kappa shape index (κ3) is 4.12. The minimum absolute atomic E-state index is 0.0689. The molecular formula is C22H28N4O2. The molecule has 1 aromatic heterocycles. The van der Waals surface area contributed by atoms with Crippen molar-refractivity contribution in [3.63, 3.8) is 0 Å². The molecule has 2 aliphatic rings. The highest BCUT2D eigenvalue weighted by molar-refractivity contribution is 5.97. The van der Waals surface area contributed by atoms with E-state index in [0.717, 1.165) is 25.2 Å². The number of nitrogens with one attached hydrogen (secondary N) is 1. The first kappa shape index (κ1) is 18.7. The Morgan fingerprint density at radius 1 is 1.04 bits per heavy atom. The molecule has 0 spiro atoms. The van der Waals surface area contributed by atoms with Crippen LogP contribution in [0.5, 0.6) is 0 Å². The van der Waals surface area contributed by atoms with Crippen molar-refractivity contribution < 1.29 is 9.59 Å². The summed E-state index contributed by atoms with van der Waals surface area (Å²) in [6.07, 6.45) is 5.67. The number of hydrogen-bond donors (Lipinski definition) is 1. The number of nitrogens with zero attached hydrogens (tertiary/aromatic N) is 3. The van der Waals surface area contributed by atoms with Crippen LogP contribution in [-0.2, 0) is 17.9 Å². The number of likely N-dealkylation sites (tertiary alicyclic amines) is 1. The van der Waals surface area contributed by atoms with Crippen LogP contribution in [-0.4, -0.2) is 58.4 Å². The molecule has 3 heterocycles. The third-order valence-electron chi connectivity index (χ3n) is 5.73. The SMILES string of the molecule is O=C(NCCN1CCCCC1)C1Cn2cccc2C(=O)N1Cc1ccccc1. The molecule has 2 aromatic rings. The van der Waals surface area contributed by atoms with Gasteiger partial charge < -0.3 is 19.7 Å². The van der Waals surface area contributed by atoms with Crippen LogP contribution in [0, 0.1) is 0 Å². The Morgan fingerprint density at radius 3 is 2.61 bits per heavy atom. The fourth-order valence-corrected chi connectivity index (χ4v) is 4.17. The van der Waals surface area contributed by atoms with Crippen LogP contribution in [0.4, 0.5) is 0 Å². The van der Waals surface area contributed by atoms with Gasteiger partial charge in [-0.1, -0.05) is 36.8 Å². The predicted molar refractivity (Wildman–Crippen MR) is 108 cm³/mol. The van der Waals surface area contributed by atoms with E-state index in [9.17, 15) is 9.59 Å². The minimum atomic E-state index is -0.492. The van der Waals surface area contributed by atoms with Crippen LogP contribution in [0.15, 0.2) is 48.7 Å². The lowest BCUT2D eigenvalue weighted by Gasteiger charge is -2.36. The Kier molecular flexibility index (Phi) is 5.76. The summed E-state index contributed by atoms with van der Waals surface area (Å²) < 4.78 is 1.89. The smallest absolute Gasteiger partial charge is 0.271 e. The summed E-state index contributed by atoms with van der Waals surface area (Å²) in [7, 11) is 0. The van der Waals surface area contributed by atoms with Gasteiger partial charge in [-0.3, -0.25) is 9.59 Å². The van der Waals surface area contributed by atoms with E-state index in [2.05, 4.69) is 10.2 Å². The van der Waals surface area contributed by atoms with Crippen LogP contribution in [0.1, 0.15) is 35.3 Å². The van der Waals surface area contributed by atoms with Gasteiger partial charge in [-0.15, -0.1) is 0 Å². The summed E-state index contributed by atoms with van der Waals surface area (Å²) in [6, 6.07) is 13.1. The molecule has 1 aromatic carbocycles. The fraction of sp³-hybridized carbons (Fsp3) is 0.455. The maximum atomic E-state index is 13.0. The van der Waals surface area contributed by atoms with Gasteiger partial charge in [0.2, 0.25) is 5.91 Å². The molecule has 2 amide bonds. The van der Waals surface area contributed by atoms with Crippen LogP contribution in [0.25, 0.3) is 0 Å². The monoisotopic (exact) mass is 380 g/mol. The number of amides is 2. The average Bonchev–Trinajstić information content (AvgIpc) is 3.20. The molecule has 1 atom stereocenters. The van der Waals surface area contributed by atoms with Crippen molar-refractivity contribution in [1.29, 1.82) is 0 Å². The molecule has 0 radical (unpaired) electrons. The first-order valence-electron chi connectivity index (χ1n) is 10.2. The summed E-state index contributed by atoms with van der Waals surface area (Å²) in [4.78, 5) is 30.1. The van der Waals surface area contributed by atoms with Gasteiger partial charge in [0, 0.05) is 25.8 Å². The largest absolute Gasteiger partial charge is 0.353 e. The van der Waals surface area contributed by atoms with Crippen molar-refractivity contribution in [1.82, 2.24) is 19.7 Å². The standard InChI is InChI=1S/C22H28N4O2/c27-21(23-11-15-24-12-5-2-6-13-24)20-17-25-14-7-10-19(25)22(28)26(20)16-18-8-3-1-4-9-18/h1,3-4,7-10,14,20H,2,5-6,11-13,15-17H2,(H,23,27). The molecular weight excluding hydrogens is 352 g/mol. The van der Waals surface area contributed by atoms with Gasteiger partial charge in [0.25, 0.3) is 5.91 Å². The van der Waals surface area contributed by atoms with E-state index in [1.165, 1.54) is 19.3 Å². The molecule has 2 aliphatic heterocycles. The predicted octanol–water partition coefficient (Wildman–Crippen LogP) is 2.11. The lowest BCUT2D eigenvalue weighted by molar-refractivity contribution is -0.126. The van der Waals surface area contributed by atoms with Gasteiger partial charge in [-0.25, -0.2) is 0 Å². The number of hydrogen-bond acceptors (Lipinski definition) is 3. The summed E-state index contributed by atoms with van der Waals surface area (Å²) in [5.74, 6) is -0.156. The second-order valence-electron chi connectivity index (χ2n) is 7.67. The quantitative estimate of drug-likeness (QED) is 0.835. The van der Waals surface area contributed by atoms with E-state index in [4.69, 9.17) is 0 Å². The van der Waals surface area contributed by atoms with Crippen molar-refractivity contribution in [3.05, 3.63) is 59.9 Å². The highest BCUT2D eigenvalue weighted by Gasteiger charge is 2.36. The molecule has 0 bridgehead atoms. The fourth-order valence-electron chi connectivity index (χ4n) is 4.17. The summed E-state index contributed by atoms with van der Waals surface area (Å²) in [5, 5.41) is 3.07. The molecule has 1 saturated heterocycles. The van der Waals surface area contributed by atoms with Crippen LogP contribution >= 0.6 is 0 Å². The second-order valence-corrected chi connectivity index (χ2v) is 7.67. The molecule has 6 nitrogen and oxygen atoms in total. The van der Waals surface area contributed by atoms with E-state index in [0.29, 0.717) is 25.3 Å². The highest BCUT2D eigenvalue weighted by Crippen LogP contribution is 2.21. The summed E-state index contributed by atoms with van der Waals surface area (Å²) in [6.45, 7) is 4.67. The van der Waals surface area contributed by atoms with E-state index in [1.807, 2.05) is 53.2 Å². The lowest BCUT2D eigenvalue weighted by Crippen LogP contribution is -2.55. The molecule has 148 valence electrons. The van der Waals surface area contributed by atoms with Crippen molar-refractivity contribution in [2.45, 2.75) is 38.4 Å². The maximum absolute atomic E-state index is 13.0. The molecule has 1 N–H and O–H groups in total. The lowest BCUT2D eigenvalue weighted by atomic mass is 10.1. The normalized spacial score (nSPS) is 20.1. The Labute approximate surface area is 166 Å². The summed E-state index contributed by atoms with van der Waals surface area (Å²) in [5.41, 5.74) is 1.68. The van der Waals surface area contributed by atoms with Gasteiger partial charge >= 0.3 is 0 Å². The van der Waals surface area contributed by atoms with Crippen molar-refractivity contribution in [2.75, 3.05) is 26.2 Å². The zero-order valence-electron chi connectivity index (χ0n) is 16.2. The third-order valence-corrected chi connectivity index (χ3v) is 5.73. The molecule has 4 rings (SSSR count). The van der Waals surface area contributed by atoms with Gasteiger partial charge in [-0.05, 0) is 43.6 Å². The summed E-state index contributed by atoms with van der Waals surface area (Å²) >= 11 is 0. The molecule has 6 heteroatoms. The van der Waals surface area contributed by atoms with E-state index >= 15 is 0 Å². The maximum Gasteiger partial charge on any atom is 0.271 e. The number of rotatable bonds is 6. The van der Waals surface area contributed by atoms with Crippen molar-refractivity contribution >= 4 is 11.8 Å². The highest BCUT2D eigenvalue weighted by atomic mass is 16.2. The first-order valence-corrected chi connectivity index (χ1v) is 10.2. The van der Waals surface area contributed by atoms with Gasteiger partial charge in [0.1, 0.15) is 11.7 Å². The topological polar surface area (TPSA) is 57.6 Å². The number of aromatic nitrogens is 1. The van der Waals surface area contributed by atoms with E-state index in [-0.39, 0.29) is 11.8 Å². The van der Waals surface area contributed by atoms with Gasteiger partial charge in [-0.2, -0.15) is 0 Å². The van der Waals surface area contributed by atoms with Crippen molar-refractivity contribution in [2.24, 2.45) is 0 Å². The molecule has 0 aliphatic carbocycles. The van der Waals surface area contributed by atoms with Crippen molar-refractivity contribution in [3.8, 4) is 0 Å². The van der Waals surface area contributed by atoms with Gasteiger partial charge in [0.15, 0.2) is 0 Å². The van der Waals surface area contributed by atoms with Crippen LogP contribution < -0.4 is 5.32 Å². The molecule has 0 saturated carbocycles. The Balaban J connectivity index is 1.44. The Bertz CT molecular complexity index is 811. The number of benzene rings is 1. The number of fused-ring (bicyclic) bond motifs is 1. The minimum Gasteiger partial charge on any atom is -0.353 e. The van der Waals surface area contributed by atoms with Crippen LogP contribution in [0.2, 0.25) is 0 Å². The van der Waals surface area contributed by atoms with E-state index in [1.54, 1.807) is 4.90 Å². The Hall–Kier alpha value is -2.60. The first-order chi connectivity index (χ1) is 13.7. The zero-order chi connectivity index (χ0) is 19.3. The molecule has 28 heavy (non-hydrogen) atoms. The molecule has 1 fully saturated rings. The van der Waals surface area contributed by atoms with Crippen LogP contribution in [0.3, 0.4) is 0 Å². The second kappa shape index (κ2) is 8.61. The Morgan fingerprint density at radius 2 is 1.82 bits per heavy atom.